The molecular weight excluding hydrogens is 218 g/mol. The first-order valence-corrected chi connectivity index (χ1v) is 7.73. The van der Waals surface area contributed by atoms with Crippen LogP contribution in [0.15, 0.2) is 0 Å². The fourth-order valence-corrected chi connectivity index (χ4v) is 3.59. The van der Waals surface area contributed by atoms with Crippen LogP contribution in [0.5, 0.6) is 0 Å². The lowest BCUT2D eigenvalue weighted by Crippen LogP contribution is -2.52. The van der Waals surface area contributed by atoms with Crippen LogP contribution in [0, 0.1) is 17.3 Å². The molecule has 0 unspecified atom stereocenters. The van der Waals surface area contributed by atoms with E-state index in [9.17, 15) is 0 Å². The van der Waals surface area contributed by atoms with Crippen LogP contribution in [0.3, 0.4) is 0 Å². The molecule has 0 radical (unpaired) electrons. The van der Waals surface area contributed by atoms with Gasteiger partial charge in [0.05, 0.1) is 0 Å². The molecule has 110 valence electrons. The molecule has 0 bridgehead atoms. The van der Waals surface area contributed by atoms with E-state index in [4.69, 9.17) is 0 Å². The highest BCUT2D eigenvalue weighted by molar-refractivity contribution is 4.94. The van der Waals surface area contributed by atoms with Gasteiger partial charge in [0.25, 0.3) is 0 Å². The third kappa shape index (κ3) is 8.13. The molecule has 0 amide bonds. The van der Waals surface area contributed by atoms with E-state index in [0.717, 1.165) is 11.8 Å². The van der Waals surface area contributed by atoms with E-state index >= 15 is 0 Å². The van der Waals surface area contributed by atoms with Gasteiger partial charge in [-0.15, -0.1) is 0 Å². The quantitative estimate of drug-likeness (QED) is 0.655. The topological polar surface area (TPSA) is 12.0 Å². The minimum atomic E-state index is 0.300. The van der Waals surface area contributed by atoms with Crippen LogP contribution in [-0.2, 0) is 0 Å². The van der Waals surface area contributed by atoms with Crippen molar-refractivity contribution in [2.45, 2.75) is 93.2 Å². The lowest BCUT2D eigenvalue weighted by Gasteiger charge is -2.44. The zero-order valence-electron chi connectivity index (χ0n) is 14.4. The van der Waals surface area contributed by atoms with Gasteiger partial charge in [0.1, 0.15) is 0 Å². The molecule has 0 fully saturated rings. The zero-order valence-corrected chi connectivity index (χ0v) is 14.4. The van der Waals surface area contributed by atoms with Gasteiger partial charge in [-0.1, -0.05) is 62.3 Å². The van der Waals surface area contributed by atoms with Crippen molar-refractivity contribution >= 4 is 0 Å². The molecule has 1 nitrogen and oxygen atoms in total. The molecule has 0 aromatic heterocycles. The Kier molecular flexibility index (Phi) is 6.92. The van der Waals surface area contributed by atoms with Gasteiger partial charge in [0.2, 0.25) is 0 Å². The highest BCUT2D eigenvalue weighted by atomic mass is 15.0. The van der Waals surface area contributed by atoms with E-state index in [1.54, 1.807) is 0 Å². The van der Waals surface area contributed by atoms with Crippen LogP contribution < -0.4 is 5.32 Å². The Morgan fingerprint density at radius 3 is 1.39 bits per heavy atom. The Balaban J connectivity index is 5.10. The summed E-state index contributed by atoms with van der Waals surface area (Å²) in [6, 6.07) is 0.560. The normalized spacial score (nSPS) is 14.0. The van der Waals surface area contributed by atoms with Crippen LogP contribution in [0.4, 0.5) is 0 Å². The van der Waals surface area contributed by atoms with E-state index in [0.29, 0.717) is 17.0 Å². The van der Waals surface area contributed by atoms with Crippen molar-refractivity contribution in [1.29, 1.82) is 0 Å². The second-order valence-corrected chi connectivity index (χ2v) is 8.51. The standard InChI is InChI=1S/C17H37N/c1-13(2)10-17(11-14(3)4,18-15(5)6)12-16(7,8)9/h13-15,18H,10-12H2,1-9H3. The van der Waals surface area contributed by atoms with E-state index in [2.05, 4.69) is 67.6 Å². The predicted molar refractivity (Wildman–Crippen MR) is 84.0 cm³/mol. The van der Waals surface area contributed by atoms with Crippen LogP contribution in [0.2, 0.25) is 0 Å². The summed E-state index contributed by atoms with van der Waals surface area (Å²) in [4.78, 5) is 0. The largest absolute Gasteiger partial charge is 0.309 e. The summed E-state index contributed by atoms with van der Waals surface area (Å²) in [5, 5.41) is 3.91. The van der Waals surface area contributed by atoms with Crippen molar-refractivity contribution < 1.29 is 0 Å². The first kappa shape index (κ1) is 18.0. The number of hydrogen-bond donors (Lipinski definition) is 1. The highest BCUT2D eigenvalue weighted by Gasteiger charge is 2.35. The van der Waals surface area contributed by atoms with Crippen molar-refractivity contribution in [3.63, 3.8) is 0 Å². The molecule has 0 aliphatic heterocycles. The van der Waals surface area contributed by atoms with Crippen molar-refractivity contribution in [2.75, 3.05) is 0 Å². The second-order valence-electron chi connectivity index (χ2n) is 8.51. The van der Waals surface area contributed by atoms with Gasteiger partial charge < -0.3 is 5.32 Å². The lowest BCUT2D eigenvalue weighted by atomic mass is 9.71. The van der Waals surface area contributed by atoms with Crippen LogP contribution in [0.1, 0.15) is 81.6 Å². The van der Waals surface area contributed by atoms with Crippen molar-refractivity contribution in [3.8, 4) is 0 Å². The molecule has 0 heterocycles. The van der Waals surface area contributed by atoms with Gasteiger partial charge in [-0.05, 0) is 36.5 Å². The minimum absolute atomic E-state index is 0.300. The van der Waals surface area contributed by atoms with Crippen LogP contribution in [-0.4, -0.2) is 11.6 Å². The maximum atomic E-state index is 3.91. The maximum Gasteiger partial charge on any atom is 0.0193 e. The summed E-state index contributed by atoms with van der Waals surface area (Å²) < 4.78 is 0. The molecule has 18 heavy (non-hydrogen) atoms. The Morgan fingerprint density at radius 1 is 0.778 bits per heavy atom. The monoisotopic (exact) mass is 255 g/mol. The lowest BCUT2D eigenvalue weighted by molar-refractivity contribution is 0.139. The molecule has 0 saturated carbocycles. The number of hydrogen-bond acceptors (Lipinski definition) is 1. The Labute approximate surface area is 116 Å². The van der Waals surface area contributed by atoms with Gasteiger partial charge in [-0.3, -0.25) is 0 Å². The molecule has 0 aliphatic carbocycles. The molecule has 1 N–H and O–H groups in total. The van der Waals surface area contributed by atoms with E-state index in [1.165, 1.54) is 19.3 Å². The van der Waals surface area contributed by atoms with Crippen molar-refractivity contribution in [3.05, 3.63) is 0 Å². The Morgan fingerprint density at radius 2 is 1.17 bits per heavy atom. The predicted octanol–water partition coefficient (Wildman–Crippen LogP) is 5.25. The number of nitrogens with one attached hydrogen (secondary N) is 1. The molecule has 0 aliphatic rings. The SMILES string of the molecule is CC(C)CC(CC(C)C)(CC(C)(C)C)NC(C)C. The highest BCUT2D eigenvalue weighted by Crippen LogP contribution is 2.36. The fourth-order valence-electron chi connectivity index (χ4n) is 3.59. The summed E-state index contributed by atoms with van der Waals surface area (Å²) in [5.41, 5.74) is 0.681. The summed E-state index contributed by atoms with van der Waals surface area (Å²) in [6.07, 6.45) is 3.82. The van der Waals surface area contributed by atoms with E-state index < -0.39 is 0 Å². The Hall–Kier alpha value is -0.0400. The van der Waals surface area contributed by atoms with Crippen LogP contribution >= 0.6 is 0 Å². The zero-order chi connectivity index (χ0) is 14.6. The molecule has 0 aromatic rings. The summed E-state index contributed by atoms with van der Waals surface area (Å²) in [5.74, 6) is 1.50. The average molecular weight is 255 g/mol. The van der Waals surface area contributed by atoms with Crippen molar-refractivity contribution in [1.82, 2.24) is 5.32 Å². The summed E-state index contributed by atoms with van der Waals surface area (Å²) >= 11 is 0. The van der Waals surface area contributed by atoms with Crippen LogP contribution in [0.25, 0.3) is 0 Å². The summed E-state index contributed by atoms with van der Waals surface area (Å²) in [7, 11) is 0. The van der Waals surface area contributed by atoms with Gasteiger partial charge in [-0.25, -0.2) is 0 Å². The van der Waals surface area contributed by atoms with Crippen molar-refractivity contribution in [2.24, 2.45) is 17.3 Å². The van der Waals surface area contributed by atoms with Gasteiger partial charge in [-0.2, -0.15) is 0 Å². The molecular formula is C17H37N. The fraction of sp³-hybridized carbons (Fsp3) is 1.00. The first-order valence-electron chi connectivity index (χ1n) is 7.73. The van der Waals surface area contributed by atoms with Gasteiger partial charge >= 0.3 is 0 Å². The number of rotatable bonds is 7. The smallest absolute Gasteiger partial charge is 0.0193 e. The second kappa shape index (κ2) is 6.93. The summed E-state index contributed by atoms with van der Waals surface area (Å²) in [6.45, 7) is 21.0. The first-order chi connectivity index (χ1) is 7.96. The third-order valence-electron chi connectivity index (χ3n) is 3.06. The minimum Gasteiger partial charge on any atom is -0.309 e. The third-order valence-corrected chi connectivity index (χ3v) is 3.06. The molecule has 0 atom stereocenters. The van der Waals surface area contributed by atoms with Gasteiger partial charge in [0.15, 0.2) is 0 Å². The molecule has 0 rings (SSSR count). The van der Waals surface area contributed by atoms with E-state index in [-0.39, 0.29) is 0 Å². The Bertz CT molecular complexity index is 194. The average Bonchev–Trinajstić information content (AvgIpc) is 1.92. The molecule has 1 heteroatoms. The van der Waals surface area contributed by atoms with Gasteiger partial charge in [0, 0.05) is 11.6 Å². The molecule has 0 saturated heterocycles. The molecule has 0 aromatic carbocycles. The molecule has 0 spiro atoms. The maximum absolute atomic E-state index is 3.91. The van der Waals surface area contributed by atoms with E-state index in [1.807, 2.05) is 0 Å².